The maximum Gasteiger partial charge on any atom is 0.187 e. The molecule has 0 spiro atoms. The van der Waals surface area contributed by atoms with Gasteiger partial charge in [0, 0.05) is 6.61 Å². The number of unbranched alkanes of at least 4 members (excludes halogenated alkanes) is 2. The fourth-order valence-electron chi connectivity index (χ4n) is 7.69. The summed E-state index contributed by atoms with van der Waals surface area (Å²) in [7, 11) is 0. The molecule has 5 fully saturated rings. The van der Waals surface area contributed by atoms with E-state index in [1.807, 2.05) is 0 Å². The van der Waals surface area contributed by atoms with E-state index in [2.05, 4.69) is 6.58 Å². The van der Waals surface area contributed by atoms with Crippen LogP contribution < -0.4 is 0 Å². The first-order chi connectivity index (χ1) is 29.6. The largest absolute Gasteiger partial charge is 0.394 e. The second-order valence-electron chi connectivity index (χ2n) is 15.6. The van der Waals surface area contributed by atoms with Crippen LogP contribution in [0.3, 0.4) is 0 Å². The number of hydrogen-bond acceptors (Lipinski definition) is 26. The van der Waals surface area contributed by atoms with Crippen LogP contribution in [-0.4, -0.2) is 275 Å². The second kappa shape index (κ2) is 23.4. The zero-order chi connectivity index (χ0) is 45.6. The highest BCUT2D eigenvalue weighted by Crippen LogP contribution is 2.36. The van der Waals surface area contributed by atoms with Crippen molar-refractivity contribution in [3.8, 4) is 0 Å². The van der Waals surface area contributed by atoms with Gasteiger partial charge >= 0.3 is 0 Å². The standard InChI is InChI=1S/C36H62O26/c1-2-3-4-5-6-53-32-26(51)28(20(45)15(10-40)54-32)59-34-27(52)29(21(46)16(11-41)56-34)60-35-31(24(49)19(44)13(8-38)57-35)62-36-30(23(48)18(43)14(9-39)58-36)61-33-25(50)22(47)17(42)12(7-37)55-33/h2,12-52H,1,3-11H2/t12?,13?,14?,15?,16?,17-,18-,19-,20-,21-,22?,23?,24?,25?,26?,27?,28?,29?,30?,31?,32+,33-,34-,35-,36-/m1/s1. The second-order valence-corrected chi connectivity index (χ2v) is 15.6. The number of aliphatic hydroxyl groups is 16. The summed E-state index contributed by atoms with van der Waals surface area (Å²) in [6.45, 7) is -0.789. The Balaban J connectivity index is 1.40. The summed E-state index contributed by atoms with van der Waals surface area (Å²) in [4.78, 5) is 0. The number of allylic oxidation sites excluding steroid dienone is 1. The summed E-state index contributed by atoms with van der Waals surface area (Å²) in [5, 5.41) is 170. The Morgan fingerprint density at radius 2 is 0.694 bits per heavy atom. The zero-order valence-corrected chi connectivity index (χ0v) is 33.3. The highest BCUT2D eigenvalue weighted by Gasteiger charge is 2.57. The molecule has 362 valence electrons. The van der Waals surface area contributed by atoms with Crippen LogP contribution in [0, 0.1) is 0 Å². The molecule has 0 aromatic rings. The minimum Gasteiger partial charge on any atom is -0.394 e. The lowest BCUT2D eigenvalue weighted by Gasteiger charge is -2.50. The van der Waals surface area contributed by atoms with Crippen LogP contribution in [0.2, 0.25) is 0 Å². The molecule has 25 atom stereocenters. The summed E-state index contributed by atoms with van der Waals surface area (Å²) in [6.07, 6.45) is -43.0. The van der Waals surface area contributed by atoms with Gasteiger partial charge in [0.1, 0.15) is 122 Å². The summed E-state index contributed by atoms with van der Waals surface area (Å²) < 4.78 is 56.8. The van der Waals surface area contributed by atoms with Gasteiger partial charge in [-0.25, -0.2) is 0 Å². The molecule has 26 heteroatoms. The van der Waals surface area contributed by atoms with Gasteiger partial charge in [-0.05, 0) is 19.3 Å². The Labute approximate surface area is 354 Å². The molecule has 26 nitrogen and oxygen atoms in total. The van der Waals surface area contributed by atoms with E-state index in [0.717, 1.165) is 0 Å². The van der Waals surface area contributed by atoms with Gasteiger partial charge in [-0.3, -0.25) is 0 Å². The smallest absolute Gasteiger partial charge is 0.187 e. The van der Waals surface area contributed by atoms with Crippen LogP contribution in [0.4, 0.5) is 0 Å². The van der Waals surface area contributed by atoms with Crippen molar-refractivity contribution in [2.45, 2.75) is 173 Å². The first-order valence-corrected chi connectivity index (χ1v) is 20.2. The number of ether oxygens (including phenoxy) is 10. The molecular formula is C36H62O26. The van der Waals surface area contributed by atoms with Crippen LogP contribution in [0.25, 0.3) is 0 Å². The van der Waals surface area contributed by atoms with Gasteiger partial charge in [-0.2, -0.15) is 0 Å². The van der Waals surface area contributed by atoms with Crippen LogP contribution in [0.5, 0.6) is 0 Å². The summed E-state index contributed by atoms with van der Waals surface area (Å²) >= 11 is 0. The summed E-state index contributed by atoms with van der Waals surface area (Å²) in [5.74, 6) is 0. The third-order valence-corrected chi connectivity index (χ3v) is 11.4. The molecule has 0 amide bonds. The topological polar surface area (TPSA) is 416 Å². The maximum atomic E-state index is 11.6. The Morgan fingerprint density at radius 1 is 0.355 bits per heavy atom. The summed E-state index contributed by atoms with van der Waals surface area (Å²) in [5.41, 5.74) is 0. The lowest BCUT2D eigenvalue weighted by molar-refractivity contribution is -0.407. The Bertz CT molecular complexity index is 1340. The van der Waals surface area contributed by atoms with E-state index in [9.17, 15) is 81.7 Å². The predicted octanol–water partition coefficient (Wildman–Crippen LogP) is -9.54. The van der Waals surface area contributed by atoms with Crippen molar-refractivity contribution in [3.05, 3.63) is 12.7 Å². The van der Waals surface area contributed by atoms with Crippen molar-refractivity contribution in [2.75, 3.05) is 39.6 Å². The molecule has 15 unspecified atom stereocenters. The zero-order valence-electron chi connectivity index (χ0n) is 33.3. The molecule has 5 heterocycles. The molecule has 5 aliphatic rings. The van der Waals surface area contributed by atoms with Gasteiger partial charge in [-0.1, -0.05) is 6.08 Å². The lowest BCUT2D eigenvalue weighted by Crippen LogP contribution is -2.68. The van der Waals surface area contributed by atoms with Crippen molar-refractivity contribution >= 4 is 0 Å². The first kappa shape index (κ1) is 51.7. The highest BCUT2D eigenvalue weighted by atomic mass is 16.8. The highest BCUT2D eigenvalue weighted by molar-refractivity contribution is 4.99. The quantitative estimate of drug-likeness (QED) is 0.0423. The fourth-order valence-corrected chi connectivity index (χ4v) is 7.69. The Hall–Kier alpha value is -1.30. The van der Waals surface area contributed by atoms with Crippen molar-refractivity contribution in [3.63, 3.8) is 0 Å². The van der Waals surface area contributed by atoms with Crippen LogP contribution in [-0.2, 0) is 47.4 Å². The molecule has 0 radical (unpaired) electrons. The van der Waals surface area contributed by atoms with Crippen LogP contribution in [0.1, 0.15) is 19.3 Å². The molecule has 5 aliphatic heterocycles. The van der Waals surface area contributed by atoms with Crippen molar-refractivity contribution in [1.29, 1.82) is 0 Å². The van der Waals surface area contributed by atoms with E-state index >= 15 is 0 Å². The van der Waals surface area contributed by atoms with E-state index in [-0.39, 0.29) is 6.61 Å². The first-order valence-electron chi connectivity index (χ1n) is 20.2. The predicted molar refractivity (Wildman–Crippen MR) is 194 cm³/mol. The monoisotopic (exact) mass is 910 g/mol. The van der Waals surface area contributed by atoms with E-state index in [1.165, 1.54) is 0 Å². The molecule has 0 aromatic heterocycles. The molecule has 16 N–H and O–H groups in total. The Morgan fingerprint density at radius 3 is 1.15 bits per heavy atom. The van der Waals surface area contributed by atoms with Gasteiger partial charge in [0.2, 0.25) is 0 Å². The average molecular weight is 911 g/mol. The number of rotatable bonds is 19. The minimum absolute atomic E-state index is 0.0838. The van der Waals surface area contributed by atoms with Gasteiger partial charge in [0.15, 0.2) is 31.5 Å². The van der Waals surface area contributed by atoms with Gasteiger partial charge < -0.3 is 129 Å². The maximum absolute atomic E-state index is 11.6. The third-order valence-electron chi connectivity index (χ3n) is 11.4. The molecule has 0 aromatic carbocycles. The molecule has 5 saturated heterocycles. The molecule has 0 saturated carbocycles. The molecule has 0 aliphatic carbocycles. The Kier molecular flexibility index (Phi) is 19.5. The van der Waals surface area contributed by atoms with Gasteiger partial charge in [0.05, 0.1) is 33.0 Å². The van der Waals surface area contributed by atoms with E-state index < -0.39 is 187 Å². The van der Waals surface area contributed by atoms with Crippen molar-refractivity contribution < 1.29 is 129 Å². The third kappa shape index (κ3) is 11.3. The van der Waals surface area contributed by atoms with E-state index in [4.69, 9.17) is 47.4 Å². The van der Waals surface area contributed by atoms with Gasteiger partial charge in [-0.15, -0.1) is 6.58 Å². The number of aliphatic hydroxyl groups excluding tert-OH is 16. The fraction of sp³-hybridized carbons (Fsp3) is 0.944. The van der Waals surface area contributed by atoms with Crippen LogP contribution in [0.15, 0.2) is 12.7 Å². The minimum atomic E-state index is -2.13. The van der Waals surface area contributed by atoms with Crippen molar-refractivity contribution in [1.82, 2.24) is 0 Å². The molecule has 0 bridgehead atoms. The van der Waals surface area contributed by atoms with E-state index in [0.29, 0.717) is 19.3 Å². The molecule has 5 rings (SSSR count). The molecular weight excluding hydrogens is 848 g/mol. The van der Waals surface area contributed by atoms with Crippen molar-refractivity contribution in [2.24, 2.45) is 0 Å². The van der Waals surface area contributed by atoms with E-state index in [1.54, 1.807) is 6.08 Å². The number of hydrogen-bond donors (Lipinski definition) is 16. The molecule has 62 heavy (non-hydrogen) atoms. The van der Waals surface area contributed by atoms with Gasteiger partial charge in [0.25, 0.3) is 0 Å². The summed E-state index contributed by atoms with van der Waals surface area (Å²) in [6, 6.07) is 0. The normalized spacial score (nSPS) is 49.1. The average Bonchev–Trinajstić information content (AvgIpc) is 3.26. The van der Waals surface area contributed by atoms with Crippen LogP contribution >= 0.6 is 0 Å². The lowest BCUT2D eigenvalue weighted by atomic mass is 9.95. The SMILES string of the molecule is C=CCCCCO[C@H]1OC(CO)[C@@H](O)C(O[C@H]2OC(CO)[C@@H](O)C(O[C@H]3OC(CO)[C@@H](O)C(O)C3O[C@H]3OC(CO)[C@@H](O)C(O)C3O[C@H]3OC(CO)[C@@H](O)C(O)C3O)C2O)C1O.